The van der Waals surface area contributed by atoms with Gasteiger partial charge in [-0.15, -0.1) is 11.8 Å². The van der Waals surface area contributed by atoms with Gasteiger partial charge in [0.1, 0.15) is 11.9 Å². The van der Waals surface area contributed by atoms with E-state index in [1.807, 2.05) is 30.5 Å². The lowest BCUT2D eigenvalue weighted by Crippen LogP contribution is -2.00. The average Bonchev–Trinajstić information content (AvgIpc) is 2.46. The number of rotatable bonds is 4. The Balaban J connectivity index is 2.08. The lowest BCUT2D eigenvalue weighted by Gasteiger charge is -2.08. The summed E-state index contributed by atoms with van der Waals surface area (Å²) in [5.41, 5.74) is 1.97. The molecule has 0 radical (unpaired) electrons. The van der Waals surface area contributed by atoms with Gasteiger partial charge >= 0.3 is 0 Å². The molecule has 96 valence electrons. The lowest BCUT2D eigenvalue weighted by atomic mass is 10.1. The smallest absolute Gasteiger partial charge is 0.140 e. The molecule has 4 heteroatoms. The van der Waals surface area contributed by atoms with Crippen LogP contribution >= 0.6 is 11.8 Å². The zero-order valence-corrected chi connectivity index (χ0v) is 11.3. The van der Waals surface area contributed by atoms with Crippen LogP contribution in [0, 0.1) is 17.1 Å². The van der Waals surface area contributed by atoms with Gasteiger partial charge in [-0.2, -0.15) is 5.26 Å². The van der Waals surface area contributed by atoms with E-state index in [-0.39, 0.29) is 5.56 Å². The van der Waals surface area contributed by atoms with Crippen LogP contribution in [0.5, 0.6) is 0 Å². The molecular weight excluding hydrogens is 259 g/mol. The largest absolute Gasteiger partial charge is 0.381 e. The Kier molecular flexibility index (Phi) is 4.43. The Bertz CT molecular complexity index is 620. The molecular formula is C15H13FN2S. The second-order valence-electron chi connectivity index (χ2n) is 4.01. The summed E-state index contributed by atoms with van der Waals surface area (Å²) < 4.78 is 13.2. The summed E-state index contributed by atoms with van der Waals surface area (Å²) in [5.74, 6) is -0.476. The Morgan fingerprint density at radius 2 is 2.11 bits per heavy atom. The van der Waals surface area contributed by atoms with Crippen LogP contribution in [0.15, 0.2) is 47.4 Å². The first kappa shape index (κ1) is 13.4. The van der Waals surface area contributed by atoms with Crippen LogP contribution in [0.25, 0.3) is 0 Å². The van der Waals surface area contributed by atoms with Crippen LogP contribution in [0.2, 0.25) is 0 Å². The molecule has 1 N–H and O–H groups in total. The van der Waals surface area contributed by atoms with Crippen LogP contribution in [0.4, 0.5) is 10.1 Å². The molecule has 0 aliphatic heterocycles. The highest BCUT2D eigenvalue weighted by Gasteiger charge is 2.02. The van der Waals surface area contributed by atoms with Crippen molar-refractivity contribution in [2.45, 2.75) is 11.4 Å². The first-order chi connectivity index (χ1) is 9.22. The second-order valence-corrected chi connectivity index (χ2v) is 4.89. The predicted molar refractivity (Wildman–Crippen MR) is 76.7 cm³/mol. The number of anilines is 1. The topological polar surface area (TPSA) is 35.8 Å². The molecule has 0 saturated heterocycles. The lowest BCUT2D eigenvalue weighted by molar-refractivity contribution is 0.623. The highest BCUT2D eigenvalue weighted by Crippen LogP contribution is 2.19. The number of hydrogen-bond donors (Lipinski definition) is 1. The number of thioether (sulfide) groups is 1. The van der Waals surface area contributed by atoms with E-state index in [0.29, 0.717) is 6.54 Å². The third kappa shape index (κ3) is 3.49. The number of hydrogen-bond acceptors (Lipinski definition) is 3. The number of halogens is 1. The van der Waals surface area contributed by atoms with Crippen LogP contribution in [0.1, 0.15) is 11.1 Å². The summed E-state index contributed by atoms with van der Waals surface area (Å²) in [6.45, 7) is 0.562. The maximum absolute atomic E-state index is 13.2. The minimum absolute atomic E-state index is 0.0807. The van der Waals surface area contributed by atoms with Crippen molar-refractivity contribution in [3.8, 4) is 6.07 Å². The van der Waals surface area contributed by atoms with Crippen molar-refractivity contribution >= 4 is 17.4 Å². The molecule has 2 aromatic rings. The van der Waals surface area contributed by atoms with Gasteiger partial charge in [0.2, 0.25) is 0 Å². The van der Waals surface area contributed by atoms with Crippen molar-refractivity contribution in [2.75, 3.05) is 11.6 Å². The molecule has 2 nitrogen and oxygen atoms in total. The Morgan fingerprint density at radius 1 is 1.26 bits per heavy atom. The molecule has 0 aliphatic rings. The average molecular weight is 272 g/mol. The van der Waals surface area contributed by atoms with Crippen LogP contribution in [0.3, 0.4) is 0 Å². The van der Waals surface area contributed by atoms with E-state index in [1.165, 1.54) is 11.0 Å². The standard InChI is InChI=1S/C15H13FN2S/c1-19-14-4-2-3-13(8-14)18-10-11-5-6-15(16)12(7-11)9-17/h2-8,18H,10H2,1H3. The molecule has 2 aromatic carbocycles. The molecule has 0 atom stereocenters. The van der Waals surface area contributed by atoms with Crippen LogP contribution in [-0.4, -0.2) is 6.26 Å². The number of nitrogens with one attached hydrogen (secondary N) is 1. The van der Waals surface area contributed by atoms with E-state index in [0.717, 1.165) is 11.3 Å². The van der Waals surface area contributed by atoms with Gasteiger partial charge in [-0.3, -0.25) is 0 Å². The van der Waals surface area contributed by atoms with Crippen molar-refractivity contribution in [1.82, 2.24) is 0 Å². The third-order valence-corrected chi connectivity index (χ3v) is 3.44. The summed E-state index contributed by atoms with van der Waals surface area (Å²) in [4.78, 5) is 1.18. The monoisotopic (exact) mass is 272 g/mol. The summed E-state index contributed by atoms with van der Waals surface area (Å²) in [5, 5.41) is 12.0. The predicted octanol–water partition coefficient (Wildman–Crippen LogP) is 4.03. The van der Waals surface area contributed by atoms with Crippen molar-refractivity contribution in [1.29, 1.82) is 5.26 Å². The van der Waals surface area contributed by atoms with Gasteiger partial charge < -0.3 is 5.32 Å². The van der Waals surface area contributed by atoms with E-state index in [9.17, 15) is 4.39 Å². The van der Waals surface area contributed by atoms with E-state index >= 15 is 0 Å². The molecule has 0 bridgehead atoms. The van der Waals surface area contributed by atoms with Gasteiger partial charge in [-0.05, 0) is 42.2 Å². The fourth-order valence-corrected chi connectivity index (χ4v) is 2.16. The van der Waals surface area contributed by atoms with E-state index in [1.54, 1.807) is 23.9 Å². The van der Waals surface area contributed by atoms with E-state index < -0.39 is 5.82 Å². The quantitative estimate of drug-likeness (QED) is 0.853. The summed E-state index contributed by atoms with van der Waals surface area (Å²) in [7, 11) is 0. The molecule has 0 amide bonds. The zero-order chi connectivity index (χ0) is 13.7. The highest BCUT2D eigenvalue weighted by molar-refractivity contribution is 7.98. The minimum Gasteiger partial charge on any atom is -0.381 e. The number of nitrogens with zero attached hydrogens (tertiary/aromatic N) is 1. The fourth-order valence-electron chi connectivity index (χ4n) is 1.71. The Morgan fingerprint density at radius 3 is 2.84 bits per heavy atom. The second kappa shape index (κ2) is 6.26. The van der Waals surface area contributed by atoms with E-state index in [4.69, 9.17) is 5.26 Å². The molecule has 0 aromatic heterocycles. The van der Waals surface area contributed by atoms with Crippen molar-refractivity contribution in [2.24, 2.45) is 0 Å². The molecule has 0 heterocycles. The first-order valence-electron chi connectivity index (χ1n) is 5.79. The van der Waals surface area contributed by atoms with Crippen LogP contribution < -0.4 is 5.32 Å². The van der Waals surface area contributed by atoms with Crippen molar-refractivity contribution in [3.63, 3.8) is 0 Å². The van der Waals surface area contributed by atoms with Gasteiger partial charge in [0, 0.05) is 17.1 Å². The van der Waals surface area contributed by atoms with Crippen LogP contribution in [-0.2, 0) is 6.54 Å². The maximum atomic E-state index is 13.2. The molecule has 0 fully saturated rings. The maximum Gasteiger partial charge on any atom is 0.140 e. The summed E-state index contributed by atoms with van der Waals surface area (Å²) in [6.07, 6.45) is 2.03. The highest BCUT2D eigenvalue weighted by atomic mass is 32.2. The van der Waals surface area contributed by atoms with E-state index in [2.05, 4.69) is 11.4 Å². The van der Waals surface area contributed by atoms with Gasteiger partial charge in [0.15, 0.2) is 0 Å². The number of benzene rings is 2. The molecule has 2 rings (SSSR count). The van der Waals surface area contributed by atoms with Gasteiger partial charge in [0.05, 0.1) is 5.56 Å². The summed E-state index contributed by atoms with van der Waals surface area (Å²) >= 11 is 1.68. The van der Waals surface area contributed by atoms with Gasteiger partial charge in [0.25, 0.3) is 0 Å². The van der Waals surface area contributed by atoms with Crippen molar-refractivity contribution < 1.29 is 4.39 Å². The summed E-state index contributed by atoms with van der Waals surface area (Å²) in [6, 6.07) is 14.5. The minimum atomic E-state index is -0.476. The van der Waals surface area contributed by atoms with Gasteiger partial charge in [-0.25, -0.2) is 4.39 Å². The third-order valence-electron chi connectivity index (χ3n) is 2.72. The first-order valence-corrected chi connectivity index (χ1v) is 7.02. The fraction of sp³-hybridized carbons (Fsp3) is 0.133. The normalized spacial score (nSPS) is 9.95. The number of nitriles is 1. The molecule has 0 saturated carbocycles. The zero-order valence-electron chi connectivity index (χ0n) is 10.5. The SMILES string of the molecule is CSc1cccc(NCc2ccc(F)c(C#N)c2)c1. The molecule has 0 spiro atoms. The Hall–Kier alpha value is -1.99. The molecule has 0 aliphatic carbocycles. The van der Waals surface area contributed by atoms with Crippen molar-refractivity contribution in [3.05, 3.63) is 59.4 Å². The van der Waals surface area contributed by atoms with Gasteiger partial charge in [-0.1, -0.05) is 12.1 Å². The molecule has 0 unspecified atom stereocenters. The molecule has 19 heavy (non-hydrogen) atoms. The Labute approximate surface area is 116 Å².